The van der Waals surface area contributed by atoms with E-state index in [1.54, 1.807) is 0 Å². The average Bonchev–Trinajstić information content (AvgIpc) is 1.85. The summed E-state index contributed by atoms with van der Waals surface area (Å²) < 4.78 is 0. The monoisotopic (exact) mass is 152 g/mol. The van der Waals surface area contributed by atoms with Gasteiger partial charge in [0.15, 0.2) is 0 Å². The second-order valence-corrected chi connectivity index (χ2v) is 3.82. The van der Waals surface area contributed by atoms with Crippen molar-refractivity contribution >= 4 is 0 Å². The van der Waals surface area contributed by atoms with Crippen molar-refractivity contribution in [1.82, 2.24) is 0 Å². The Kier molecular flexibility index (Phi) is 4.17. The lowest BCUT2D eigenvalue weighted by Crippen LogP contribution is -2.07. The fourth-order valence-corrected chi connectivity index (χ4v) is 1.02. The molecule has 0 nitrogen and oxygen atoms in total. The molecular formula is C11H20. The molecule has 0 bridgehead atoms. The molecule has 0 rings (SSSR count). The number of hydrogen-bond donors (Lipinski definition) is 0. The molecule has 0 aliphatic heterocycles. The second kappa shape index (κ2) is 4.38. The van der Waals surface area contributed by atoms with Crippen LogP contribution in [0.4, 0.5) is 0 Å². The Bertz CT molecular complexity index is 153. The van der Waals surface area contributed by atoms with Crippen molar-refractivity contribution < 1.29 is 0 Å². The topological polar surface area (TPSA) is 0 Å². The van der Waals surface area contributed by atoms with Crippen LogP contribution in [-0.4, -0.2) is 0 Å². The van der Waals surface area contributed by atoms with Gasteiger partial charge in [-0.1, -0.05) is 45.9 Å². The molecule has 0 heteroatoms. The van der Waals surface area contributed by atoms with E-state index in [1.165, 1.54) is 5.57 Å². The van der Waals surface area contributed by atoms with Gasteiger partial charge in [-0.25, -0.2) is 0 Å². The highest BCUT2D eigenvalue weighted by Gasteiger charge is 2.12. The molecule has 0 radical (unpaired) electrons. The van der Waals surface area contributed by atoms with E-state index in [1.807, 2.05) is 0 Å². The molecule has 0 heterocycles. The van der Waals surface area contributed by atoms with E-state index in [2.05, 4.69) is 52.8 Å². The molecule has 0 amide bonds. The third kappa shape index (κ3) is 4.02. The van der Waals surface area contributed by atoms with E-state index in [-0.39, 0.29) is 0 Å². The van der Waals surface area contributed by atoms with Crippen molar-refractivity contribution in [2.75, 3.05) is 0 Å². The van der Waals surface area contributed by atoms with Gasteiger partial charge in [0.25, 0.3) is 0 Å². The summed E-state index contributed by atoms with van der Waals surface area (Å²) in [7, 11) is 0. The summed E-state index contributed by atoms with van der Waals surface area (Å²) in [6.45, 7) is 11.0. The molecule has 0 saturated heterocycles. The standard InChI is InChI=1S/C11H20/c1-6-8-10(9-7-2)11(3,4)5/h6,8-9H,7H2,1-5H3. The first kappa shape index (κ1) is 10.5. The number of allylic oxidation sites excluding steroid dienone is 4. The molecule has 0 unspecified atom stereocenters. The van der Waals surface area contributed by atoms with Gasteiger partial charge >= 0.3 is 0 Å². The minimum atomic E-state index is 0.294. The van der Waals surface area contributed by atoms with E-state index in [0.29, 0.717) is 5.41 Å². The third-order valence-corrected chi connectivity index (χ3v) is 1.64. The van der Waals surface area contributed by atoms with E-state index < -0.39 is 0 Å². The van der Waals surface area contributed by atoms with Crippen LogP contribution in [0.15, 0.2) is 23.8 Å². The maximum Gasteiger partial charge on any atom is -0.0135 e. The minimum absolute atomic E-state index is 0.294. The maximum absolute atomic E-state index is 2.29. The van der Waals surface area contributed by atoms with Crippen LogP contribution < -0.4 is 0 Å². The Balaban J connectivity index is 4.48. The second-order valence-electron chi connectivity index (χ2n) is 3.82. The Morgan fingerprint density at radius 1 is 1.27 bits per heavy atom. The van der Waals surface area contributed by atoms with Gasteiger partial charge in [0.2, 0.25) is 0 Å². The van der Waals surface area contributed by atoms with E-state index in [9.17, 15) is 0 Å². The van der Waals surface area contributed by atoms with Gasteiger partial charge in [-0.15, -0.1) is 0 Å². The van der Waals surface area contributed by atoms with Gasteiger partial charge in [0.05, 0.1) is 0 Å². The van der Waals surface area contributed by atoms with E-state index >= 15 is 0 Å². The predicted molar refractivity (Wildman–Crippen MR) is 52.6 cm³/mol. The highest BCUT2D eigenvalue weighted by Crippen LogP contribution is 2.26. The van der Waals surface area contributed by atoms with Crippen LogP contribution in [-0.2, 0) is 0 Å². The first-order valence-electron chi connectivity index (χ1n) is 4.35. The molecule has 0 spiro atoms. The first-order valence-corrected chi connectivity index (χ1v) is 4.35. The van der Waals surface area contributed by atoms with Gasteiger partial charge in [0.1, 0.15) is 0 Å². The summed E-state index contributed by atoms with van der Waals surface area (Å²) in [6, 6.07) is 0. The van der Waals surface area contributed by atoms with Crippen molar-refractivity contribution in [2.45, 2.75) is 41.0 Å². The van der Waals surface area contributed by atoms with Crippen LogP contribution in [0.3, 0.4) is 0 Å². The smallest absolute Gasteiger partial charge is 0.0135 e. The molecule has 0 aliphatic rings. The maximum atomic E-state index is 2.29. The lowest BCUT2D eigenvalue weighted by molar-refractivity contribution is 0.515. The minimum Gasteiger partial charge on any atom is -0.0874 e. The van der Waals surface area contributed by atoms with Crippen LogP contribution in [0.25, 0.3) is 0 Å². The molecule has 0 aliphatic carbocycles. The molecule has 0 aromatic carbocycles. The lowest BCUT2D eigenvalue weighted by Gasteiger charge is -2.20. The molecule has 0 atom stereocenters. The predicted octanol–water partition coefficient (Wildman–Crippen LogP) is 3.95. The fraction of sp³-hybridized carbons (Fsp3) is 0.636. The van der Waals surface area contributed by atoms with Crippen molar-refractivity contribution in [3.8, 4) is 0 Å². The van der Waals surface area contributed by atoms with Crippen LogP contribution in [0.5, 0.6) is 0 Å². The van der Waals surface area contributed by atoms with Crippen molar-refractivity contribution in [2.24, 2.45) is 5.41 Å². The summed E-state index contributed by atoms with van der Waals surface area (Å²) in [4.78, 5) is 0. The highest BCUT2D eigenvalue weighted by atomic mass is 14.2. The Morgan fingerprint density at radius 2 is 1.82 bits per heavy atom. The van der Waals surface area contributed by atoms with Crippen molar-refractivity contribution in [1.29, 1.82) is 0 Å². The van der Waals surface area contributed by atoms with Crippen LogP contribution in [0.1, 0.15) is 41.0 Å². The van der Waals surface area contributed by atoms with E-state index in [0.717, 1.165) is 6.42 Å². The summed E-state index contributed by atoms with van der Waals surface area (Å²) >= 11 is 0. The Hall–Kier alpha value is -0.520. The molecule has 0 N–H and O–H groups in total. The Labute approximate surface area is 71.0 Å². The van der Waals surface area contributed by atoms with Gasteiger partial charge in [-0.3, -0.25) is 0 Å². The molecule has 64 valence electrons. The highest BCUT2D eigenvalue weighted by molar-refractivity contribution is 5.23. The van der Waals surface area contributed by atoms with Crippen LogP contribution >= 0.6 is 0 Å². The quantitative estimate of drug-likeness (QED) is 0.526. The van der Waals surface area contributed by atoms with Crippen LogP contribution in [0.2, 0.25) is 0 Å². The molecule has 0 fully saturated rings. The van der Waals surface area contributed by atoms with E-state index in [4.69, 9.17) is 0 Å². The van der Waals surface area contributed by atoms with Gasteiger partial charge in [-0.2, -0.15) is 0 Å². The molecule has 0 aromatic rings. The van der Waals surface area contributed by atoms with Crippen LogP contribution in [0, 0.1) is 5.41 Å². The van der Waals surface area contributed by atoms with Crippen molar-refractivity contribution in [3.05, 3.63) is 23.8 Å². The number of hydrogen-bond acceptors (Lipinski definition) is 0. The zero-order valence-corrected chi connectivity index (χ0v) is 8.44. The molecule has 11 heavy (non-hydrogen) atoms. The first-order chi connectivity index (χ1) is 5.02. The number of rotatable bonds is 2. The third-order valence-electron chi connectivity index (χ3n) is 1.64. The Morgan fingerprint density at radius 3 is 2.09 bits per heavy atom. The lowest BCUT2D eigenvalue weighted by atomic mass is 9.85. The average molecular weight is 152 g/mol. The summed E-state index contributed by atoms with van der Waals surface area (Å²) in [5, 5.41) is 0. The van der Waals surface area contributed by atoms with Gasteiger partial charge < -0.3 is 0 Å². The normalized spacial score (nSPS) is 14.5. The molecular weight excluding hydrogens is 132 g/mol. The summed E-state index contributed by atoms with van der Waals surface area (Å²) in [5.74, 6) is 0. The summed E-state index contributed by atoms with van der Waals surface area (Å²) in [6.07, 6.45) is 7.72. The van der Waals surface area contributed by atoms with Gasteiger partial charge in [0, 0.05) is 0 Å². The van der Waals surface area contributed by atoms with Gasteiger partial charge in [-0.05, 0) is 24.3 Å². The fourth-order valence-electron chi connectivity index (χ4n) is 1.02. The summed E-state index contributed by atoms with van der Waals surface area (Å²) in [5.41, 5.74) is 1.73. The zero-order valence-electron chi connectivity index (χ0n) is 8.44. The molecule has 0 aromatic heterocycles. The zero-order chi connectivity index (χ0) is 8.91. The largest absolute Gasteiger partial charge is 0.0874 e. The SMILES string of the molecule is CC=CC(=CCC)C(C)(C)C. The van der Waals surface area contributed by atoms with Crippen molar-refractivity contribution in [3.63, 3.8) is 0 Å². The molecule has 0 saturated carbocycles.